The molecule has 0 spiro atoms. The fourth-order valence-electron chi connectivity index (χ4n) is 5.08. The first-order valence-corrected chi connectivity index (χ1v) is 14.8. The van der Waals surface area contributed by atoms with Crippen LogP contribution in [0, 0.1) is 5.92 Å². The lowest BCUT2D eigenvalue weighted by Gasteiger charge is -2.38. The van der Waals surface area contributed by atoms with Gasteiger partial charge < -0.3 is 15.3 Å². The molecule has 4 rings (SSSR count). The summed E-state index contributed by atoms with van der Waals surface area (Å²) in [5.74, 6) is 0.865. The van der Waals surface area contributed by atoms with E-state index < -0.39 is 5.97 Å². The first-order chi connectivity index (χ1) is 16.9. The highest BCUT2D eigenvalue weighted by Gasteiger charge is 2.33. The number of aromatic nitrogens is 2. The van der Waals surface area contributed by atoms with Gasteiger partial charge in [0.1, 0.15) is 5.82 Å². The summed E-state index contributed by atoms with van der Waals surface area (Å²) in [5.41, 5.74) is 3.22. The lowest BCUT2D eigenvalue weighted by Crippen LogP contribution is -2.46. The maximum atomic E-state index is 13.3. The van der Waals surface area contributed by atoms with Crippen LogP contribution in [0.25, 0.3) is 0 Å². The monoisotopic (exact) mass is 702 g/mol. The number of nitrogens with one attached hydrogen (secondary N) is 1. The van der Waals surface area contributed by atoms with Crippen LogP contribution in [0.1, 0.15) is 61.3 Å². The van der Waals surface area contributed by atoms with Gasteiger partial charge in [-0.2, -0.15) is 0 Å². The molecular weight excluding hydrogens is 670 g/mol. The molecule has 4 unspecified atom stereocenters. The minimum absolute atomic E-state index is 0.0224. The van der Waals surface area contributed by atoms with Crippen molar-refractivity contribution in [3.05, 3.63) is 53.5 Å². The van der Waals surface area contributed by atoms with Crippen molar-refractivity contribution in [3.63, 3.8) is 0 Å². The summed E-state index contributed by atoms with van der Waals surface area (Å²) in [5, 5.41) is 12.7. The zero-order valence-electron chi connectivity index (χ0n) is 19.7. The molecule has 4 atom stereocenters. The molecule has 35 heavy (non-hydrogen) atoms. The number of aliphatic carboxylic acids is 1. The molecule has 2 aromatic heterocycles. The Morgan fingerprint density at radius 2 is 2.14 bits per heavy atom. The molecule has 2 aliphatic rings. The second kappa shape index (κ2) is 12.6. The Hall–Kier alpha value is -1.50. The Kier molecular flexibility index (Phi) is 9.60. The van der Waals surface area contributed by atoms with Crippen molar-refractivity contribution >= 4 is 62.9 Å². The zero-order chi connectivity index (χ0) is 24.8. The minimum atomic E-state index is -0.775. The van der Waals surface area contributed by atoms with E-state index in [1.54, 1.807) is 12.4 Å². The van der Waals surface area contributed by atoms with E-state index in [0.29, 0.717) is 12.3 Å². The molecule has 0 aromatic carbocycles. The van der Waals surface area contributed by atoms with Gasteiger partial charge in [-0.05, 0) is 73.6 Å². The highest BCUT2D eigenvalue weighted by atomic mass is 127. The largest absolute Gasteiger partial charge is 0.481 e. The van der Waals surface area contributed by atoms with E-state index in [1.165, 1.54) is 5.56 Å². The second-order valence-corrected chi connectivity index (χ2v) is 12.5. The Labute approximate surface area is 234 Å². The van der Waals surface area contributed by atoms with E-state index in [0.717, 1.165) is 68.7 Å². The number of likely N-dealkylation sites (tertiary alicyclic amines) is 1. The fraction of sp³-hybridized carbons (Fsp3) is 0.538. The number of carbonyl (C=O) groups excluding carboxylic acids is 1. The number of hydrogen-bond acceptors (Lipinski definition) is 5. The van der Waals surface area contributed by atoms with Gasteiger partial charge in [-0.25, -0.2) is 4.98 Å². The third-order valence-corrected chi connectivity index (χ3v) is 9.19. The number of carboxylic acid groups (broad SMARTS) is 1. The predicted molar refractivity (Wildman–Crippen MR) is 153 cm³/mol. The van der Waals surface area contributed by atoms with Crippen LogP contribution < -0.4 is 5.32 Å². The topological polar surface area (TPSA) is 95.4 Å². The summed E-state index contributed by atoms with van der Waals surface area (Å²) in [7, 11) is 0. The smallest absolute Gasteiger partial charge is 0.303 e. The molecule has 0 saturated carbocycles. The van der Waals surface area contributed by atoms with E-state index in [9.17, 15) is 14.7 Å². The Balaban J connectivity index is 1.29. The number of hydrogen-bond donors (Lipinski definition) is 2. The third-order valence-electron chi connectivity index (χ3n) is 7.04. The highest BCUT2D eigenvalue weighted by Crippen LogP contribution is 2.35. The highest BCUT2D eigenvalue weighted by molar-refractivity contribution is 14.1. The predicted octanol–water partition coefficient (Wildman–Crippen LogP) is 5.22. The molecule has 2 aliphatic heterocycles. The van der Waals surface area contributed by atoms with E-state index in [2.05, 4.69) is 67.6 Å². The molecule has 1 amide bonds. The summed E-state index contributed by atoms with van der Waals surface area (Å²) < 4.78 is 0.0201. The molecule has 0 aliphatic carbocycles. The molecule has 0 radical (unpaired) electrons. The van der Waals surface area contributed by atoms with E-state index in [-0.39, 0.29) is 26.2 Å². The van der Waals surface area contributed by atoms with Crippen molar-refractivity contribution in [1.29, 1.82) is 0 Å². The van der Waals surface area contributed by atoms with Crippen molar-refractivity contribution in [3.8, 4) is 0 Å². The second-order valence-electron chi connectivity index (χ2n) is 9.53. The summed E-state index contributed by atoms with van der Waals surface area (Å²) in [6, 6.07) is 8.05. The van der Waals surface area contributed by atoms with Crippen LogP contribution in [0.4, 0.5) is 5.82 Å². The molecule has 188 valence electrons. The van der Waals surface area contributed by atoms with Crippen LogP contribution in [-0.4, -0.2) is 52.9 Å². The van der Waals surface area contributed by atoms with Gasteiger partial charge >= 0.3 is 5.97 Å². The van der Waals surface area contributed by atoms with Gasteiger partial charge in [-0.1, -0.05) is 57.3 Å². The molecule has 1 fully saturated rings. The standard InChI is InChI=1S/C26H32I2N4O3/c27-22(15-21-8-7-18-3-2-11-30-25(18)31-21)26(35)32-12-9-17(13-23(32)28)5-6-19(14-24(33)34)20-4-1-10-29-16-20/h1,4,7-8,10,16-17,19,22-23H,2-3,5-6,9,11-15H2,(H,30,31)(H,33,34). The first-order valence-electron chi connectivity index (χ1n) is 12.3. The summed E-state index contributed by atoms with van der Waals surface area (Å²) in [6.45, 7) is 1.72. The van der Waals surface area contributed by atoms with Crippen LogP contribution in [0.3, 0.4) is 0 Å². The van der Waals surface area contributed by atoms with Gasteiger partial charge in [0.15, 0.2) is 0 Å². The molecular formula is C26H32I2N4O3. The number of anilines is 1. The van der Waals surface area contributed by atoms with Crippen LogP contribution in [0.15, 0.2) is 36.7 Å². The number of amides is 1. The van der Waals surface area contributed by atoms with Gasteiger partial charge in [0, 0.05) is 37.6 Å². The molecule has 1 saturated heterocycles. The number of aryl methyl sites for hydroxylation is 1. The van der Waals surface area contributed by atoms with Crippen molar-refractivity contribution < 1.29 is 14.7 Å². The van der Waals surface area contributed by atoms with E-state index >= 15 is 0 Å². The minimum Gasteiger partial charge on any atom is -0.481 e. The lowest BCUT2D eigenvalue weighted by molar-refractivity contribution is -0.137. The number of piperidine rings is 1. The van der Waals surface area contributed by atoms with Crippen LogP contribution >= 0.6 is 45.2 Å². The number of alkyl halides is 2. The number of carboxylic acids is 1. The molecule has 4 heterocycles. The maximum absolute atomic E-state index is 13.3. The normalized spacial score (nSPS) is 21.5. The van der Waals surface area contributed by atoms with Crippen LogP contribution in [-0.2, 0) is 22.4 Å². The van der Waals surface area contributed by atoms with E-state index in [1.807, 2.05) is 17.0 Å². The average molecular weight is 702 g/mol. The molecule has 2 N–H and O–H groups in total. The number of halogens is 2. The number of fused-ring (bicyclic) bond motifs is 1. The summed E-state index contributed by atoms with van der Waals surface area (Å²) in [6.07, 6.45) is 10.2. The van der Waals surface area contributed by atoms with Gasteiger partial charge in [-0.15, -0.1) is 0 Å². The SMILES string of the molecule is O=C(O)CC(CCC1CCN(C(=O)C(I)Cc2ccc3c(n2)NCCC3)C(I)C1)c1cccnc1. The Bertz CT molecular complexity index is 1020. The Morgan fingerprint density at radius 1 is 1.29 bits per heavy atom. The number of pyridine rings is 2. The van der Waals surface area contributed by atoms with Crippen molar-refractivity contribution in [2.75, 3.05) is 18.4 Å². The van der Waals surface area contributed by atoms with Gasteiger partial charge in [0.25, 0.3) is 0 Å². The first kappa shape index (κ1) is 26.6. The lowest BCUT2D eigenvalue weighted by atomic mass is 9.85. The van der Waals surface area contributed by atoms with Gasteiger partial charge in [0.2, 0.25) is 5.91 Å². The molecule has 9 heteroatoms. The van der Waals surface area contributed by atoms with Crippen LogP contribution in [0.5, 0.6) is 0 Å². The van der Waals surface area contributed by atoms with Crippen molar-refractivity contribution in [2.24, 2.45) is 5.92 Å². The molecule has 0 bridgehead atoms. The fourth-order valence-corrected chi connectivity index (χ4v) is 7.16. The van der Waals surface area contributed by atoms with E-state index in [4.69, 9.17) is 4.98 Å². The quantitative estimate of drug-likeness (QED) is 0.212. The van der Waals surface area contributed by atoms with Crippen LogP contribution in [0.2, 0.25) is 0 Å². The van der Waals surface area contributed by atoms with Crippen molar-refractivity contribution in [1.82, 2.24) is 14.9 Å². The molecule has 7 nitrogen and oxygen atoms in total. The number of rotatable bonds is 9. The average Bonchev–Trinajstić information content (AvgIpc) is 2.86. The zero-order valence-corrected chi connectivity index (χ0v) is 24.0. The number of nitrogens with zero attached hydrogens (tertiary/aromatic N) is 3. The van der Waals surface area contributed by atoms with Gasteiger partial charge in [0.05, 0.1) is 14.4 Å². The van der Waals surface area contributed by atoms with Crippen molar-refractivity contribution in [2.45, 2.75) is 65.3 Å². The molecule has 2 aromatic rings. The maximum Gasteiger partial charge on any atom is 0.303 e. The third kappa shape index (κ3) is 7.27. The number of carbonyl (C=O) groups is 2. The van der Waals surface area contributed by atoms with Gasteiger partial charge in [-0.3, -0.25) is 14.6 Å². The summed E-state index contributed by atoms with van der Waals surface area (Å²) >= 11 is 4.67. The summed E-state index contributed by atoms with van der Waals surface area (Å²) in [4.78, 5) is 35.6. The Morgan fingerprint density at radius 3 is 2.89 bits per heavy atom.